The Hall–Kier alpha value is -1.91. The van der Waals surface area contributed by atoms with Gasteiger partial charge >= 0.3 is 5.82 Å². The number of hydrogen-bond donors (Lipinski definition) is 1. The van der Waals surface area contributed by atoms with Crippen molar-refractivity contribution in [2.75, 3.05) is 5.32 Å². The molecule has 0 spiro atoms. The number of nitrogens with zero attached hydrogens (tertiary/aromatic N) is 2. The second kappa shape index (κ2) is 4.74. The molecule has 1 aliphatic rings. The second-order valence-electron chi connectivity index (χ2n) is 3.76. The molecule has 5 heteroatoms. The summed E-state index contributed by atoms with van der Waals surface area (Å²) in [6, 6.07) is 3.67. The van der Waals surface area contributed by atoms with Crippen molar-refractivity contribution in [2.24, 2.45) is 0 Å². The normalized spacial score (nSPS) is 19.4. The number of pyridine rings is 1. The molecule has 2 rings (SSSR count). The van der Waals surface area contributed by atoms with Crippen molar-refractivity contribution < 1.29 is 4.92 Å². The zero-order chi connectivity index (χ0) is 11.4. The molecule has 0 aromatic carbocycles. The number of nitro groups is 1. The van der Waals surface area contributed by atoms with Crippen LogP contribution in [0.2, 0.25) is 0 Å². The van der Waals surface area contributed by atoms with E-state index in [4.69, 9.17) is 0 Å². The lowest BCUT2D eigenvalue weighted by molar-refractivity contribution is -0.388. The van der Waals surface area contributed by atoms with Crippen LogP contribution in [0.25, 0.3) is 0 Å². The molecule has 1 aromatic rings. The third-order valence-corrected chi connectivity index (χ3v) is 2.59. The van der Waals surface area contributed by atoms with E-state index in [9.17, 15) is 10.1 Å². The molecule has 1 unspecified atom stereocenters. The van der Waals surface area contributed by atoms with Gasteiger partial charge in [-0.15, -0.1) is 0 Å². The van der Waals surface area contributed by atoms with Gasteiger partial charge < -0.3 is 15.4 Å². The zero-order valence-electron chi connectivity index (χ0n) is 8.80. The molecule has 0 saturated carbocycles. The smallest absolute Gasteiger partial charge is 0.375 e. The van der Waals surface area contributed by atoms with Crippen molar-refractivity contribution >= 4 is 11.5 Å². The average molecular weight is 219 g/mol. The van der Waals surface area contributed by atoms with Crippen LogP contribution in [-0.2, 0) is 0 Å². The Morgan fingerprint density at radius 3 is 3.06 bits per heavy atom. The highest BCUT2D eigenvalue weighted by Crippen LogP contribution is 2.24. The van der Waals surface area contributed by atoms with Gasteiger partial charge in [0.1, 0.15) is 11.9 Å². The van der Waals surface area contributed by atoms with Gasteiger partial charge in [0.15, 0.2) is 0 Å². The van der Waals surface area contributed by atoms with E-state index >= 15 is 0 Å². The predicted octanol–water partition coefficient (Wildman–Crippen LogP) is 2.51. The highest BCUT2D eigenvalue weighted by Gasteiger charge is 2.17. The van der Waals surface area contributed by atoms with Crippen LogP contribution in [0, 0.1) is 10.1 Å². The van der Waals surface area contributed by atoms with Crippen molar-refractivity contribution in [2.45, 2.75) is 25.3 Å². The summed E-state index contributed by atoms with van der Waals surface area (Å²) < 4.78 is 0. The first kappa shape index (κ1) is 10.6. The molecule has 1 aromatic heterocycles. The fourth-order valence-electron chi connectivity index (χ4n) is 1.80. The van der Waals surface area contributed by atoms with Gasteiger partial charge in [0.05, 0.1) is 0 Å². The number of allylic oxidation sites excluding steroid dienone is 1. The maximum absolute atomic E-state index is 10.8. The first-order valence-electron chi connectivity index (χ1n) is 5.28. The molecule has 0 radical (unpaired) electrons. The maximum Gasteiger partial charge on any atom is 0.386 e. The summed E-state index contributed by atoms with van der Waals surface area (Å²) in [6.07, 6.45) is 8.60. The molecule has 1 aliphatic carbocycles. The first-order chi connectivity index (χ1) is 7.77. The van der Waals surface area contributed by atoms with Crippen molar-refractivity contribution in [3.63, 3.8) is 0 Å². The Morgan fingerprint density at radius 1 is 1.50 bits per heavy atom. The summed E-state index contributed by atoms with van der Waals surface area (Å²) in [5, 5.41) is 13.9. The molecule has 0 fully saturated rings. The lowest BCUT2D eigenvalue weighted by Crippen LogP contribution is -2.21. The summed E-state index contributed by atoms with van der Waals surface area (Å²) in [5.74, 6) is -0.1000. The molecule has 1 N–H and O–H groups in total. The van der Waals surface area contributed by atoms with E-state index in [-0.39, 0.29) is 11.9 Å². The zero-order valence-corrected chi connectivity index (χ0v) is 8.80. The molecule has 0 amide bonds. The number of hydrogen-bond acceptors (Lipinski definition) is 4. The molecular weight excluding hydrogens is 206 g/mol. The number of aromatic nitrogens is 1. The van der Waals surface area contributed by atoms with Crippen molar-refractivity contribution in [1.82, 2.24) is 4.98 Å². The van der Waals surface area contributed by atoms with Gasteiger partial charge in [-0.2, -0.15) is 0 Å². The monoisotopic (exact) mass is 219 g/mol. The van der Waals surface area contributed by atoms with Gasteiger partial charge in [-0.3, -0.25) is 0 Å². The Balaban J connectivity index is 2.14. The van der Waals surface area contributed by atoms with Gasteiger partial charge in [-0.05, 0) is 41.3 Å². The van der Waals surface area contributed by atoms with E-state index in [1.54, 1.807) is 12.1 Å². The van der Waals surface area contributed by atoms with E-state index in [1.807, 2.05) is 0 Å². The minimum atomic E-state index is -0.457. The summed E-state index contributed by atoms with van der Waals surface area (Å²) in [5.41, 5.74) is 0.507. The second-order valence-corrected chi connectivity index (χ2v) is 3.76. The lowest BCUT2D eigenvalue weighted by atomic mass is 10.0. The van der Waals surface area contributed by atoms with Gasteiger partial charge in [-0.25, -0.2) is 0 Å². The Kier molecular flexibility index (Phi) is 3.14. The van der Waals surface area contributed by atoms with Gasteiger partial charge in [0, 0.05) is 6.04 Å². The van der Waals surface area contributed by atoms with Crippen LogP contribution in [0.3, 0.4) is 0 Å². The molecule has 1 heterocycles. The summed E-state index contributed by atoms with van der Waals surface area (Å²) >= 11 is 0. The van der Waals surface area contributed by atoms with E-state index in [2.05, 4.69) is 22.5 Å². The maximum atomic E-state index is 10.8. The minimum absolute atomic E-state index is 0.1000. The summed E-state index contributed by atoms with van der Waals surface area (Å²) in [7, 11) is 0. The largest absolute Gasteiger partial charge is 0.386 e. The van der Waals surface area contributed by atoms with E-state index < -0.39 is 4.92 Å². The van der Waals surface area contributed by atoms with Crippen molar-refractivity contribution in [1.29, 1.82) is 0 Å². The van der Waals surface area contributed by atoms with Crippen molar-refractivity contribution in [3.05, 3.63) is 40.6 Å². The SMILES string of the molecule is O=[N+]([O-])c1ncccc1NC1CC=CCC1. The molecule has 0 saturated heterocycles. The number of anilines is 1. The van der Waals surface area contributed by atoms with Gasteiger partial charge in [-0.1, -0.05) is 12.2 Å². The molecule has 16 heavy (non-hydrogen) atoms. The molecular formula is C11H13N3O2. The van der Waals surface area contributed by atoms with E-state index in [1.165, 1.54) is 6.20 Å². The van der Waals surface area contributed by atoms with Crippen LogP contribution in [0.1, 0.15) is 19.3 Å². The molecule has 5 nitrogen and oxygen atoms in total. The molecule has 1 atom stereocenters. The van der Waals surface area contributed by atoms with Crippen LogP contribution in [0.15, 0.2) is 30.5 Å². The Bertz CT molecular complexity index is 417. The van der Waals surface area contributed by atoms with Gasteiger partial charge in [0.2, 0.25) is 0 Å². The fourth-order valence-corrected chi connectivity index (χ4v) is 1.80. The molecule has 84 valence electrons. The predicted molar refractivity (Wildman–Crippen MR) is 61.3 cm³/mol. The topological polar surface area (TPSA) is 68.1 Å². The highest BCUT2D eigenvalue weighted by atomic mass is 16.6. The van der Waals surface area contributed by atoms with Crippen LogP contribution in [0.5, 0.6) is 0 Å². The summed E-state index contributed by atoms with van der Waals surface area (Å²) in [6.45, 7) is 0. The Labute approximate surface area is 93.3 Å². The summed E-state index contributed by atoms with van der Waals surface area (Å²) in [4.78, 5) is 14.1. The number of rotatable bonds is 3. The van der Waals surface area contributed by atoms with Crippen LogP contribution >= 0.6 is 0 Å². The van der Waals surface area contributed by atoms with Crippen LogP contribution in [-0.4, -0.2) is 15.9 Å². The molecule has 0 bridgehead atoms. The molecule has 0 aliphatic heterocycles. The van der Waals surface area contributed by atoms with Crippen molar-refractivity contribution in [3.8, 4) is 0 Å². The number of nitrogens with one attached hydrogen (secondary N) is 1. The highest BCUT2D eigenvalue weighted by molar-refractivity contribution is 5.57. The third-order valence-electron chi connectivity index (χ3n) is 2.59. The van der Waals surface area contributed by atoms with Gasteiger partial charge in [0.25, 0.3) is 0 Å². The minimum Gasteiger partial charge on any atom is -0.375 e. The van der Waals surface area contributed by atoms with E-state index in [0.29, 0.717) is 5.69 Å². The average Bonchev–Trinajstić information content (AvgIpc) is 2.31. The van der Waals surface area contributed by atoms with Crippen LogP contribution < -0.4 is 5.32 Å². The third kappa shape index (κ3) is 2.36. The quantitative estimate of drug-likeness (QED) is 0.482. The van der Waals surface area contributed by atoms with E-state index in [0.717, 1.165) is 19.3 Å². The van der Waals surface area contributed by atoms with Crippen LogP contribution in [0.4, 0.5) is 11.5 Å². The Morgan fingerprint density at radius 2 is 2.38 bits per heavy atom. The first-order valence-corrected chi connectivity index (χ1v) is 5.28. The fraction of sp³-hybridized carbons (Fsp3) is 0.364. The lowest BCUT2D eigenvalue weighted by Gasteiger charge is -2.19. The standard InChI is InChI=1S/C11H13N3O2/c15-14(16)11-10(7-4-8-12-11)13-9-5-2-1-3-6-9/h1-2,4,7-9,13H,3,5-6H2.